The normalized spacial score (nSPS) is 12.2. The number of ether oxygens (including phenoxy) is 1. The van der Waals surface area contributed by atoms with E-state index >= 15 is 0 Å². The first-order valence-electron chi connectivity index (χ1n) is 5.54. The van der Waals surface area contributed by atoms with Crippen molar-refractivity contribution < 1.29 is 4.74 Å². The van der Waals surface area contributed by atoms with Gasteiger partial charge >= 0.3 is 0 Å². The molecule has 16 heavy (non-hydrogen) atoms. The van der Waals surface area contributed by atoms with E-state index in [0.717, 1.165) is 12.4 Å². The van der Waals surface area contributed by atoms with Gasteiger partial charge in [0, 0.05) is 0 Å². The predicted octanol–water partition coefficient (Wildman–Crippen LogP) is 3.67. The third kappa shape index (κ3) is 5.38. The summed E-state index contributed by atoms with van der Waals surface area (Å²) in [6, 6.07) is 10.2. The molecule has 0 saturated heterocycles. The summed E-state index contributed by atoms with van der Waals surface area (Å²) in [5.41, 5.74) is 1.36. The molecule has 0 aromatic heterocycles. The smallest absolute Gasteiger partial charge is 0.0650 e. The molecular weight excluding hydrogens is 216 g/mol. The molecule has 0 atom stereocenters. The lowest BCUT2D eigenvalue weighted by atomic mass is 9.98. The number of hydrogen-bond donors (Lipinski definition) is 1. The Morgan fingerprint density at radius 3 is 2.56 bits per heavy atom. The zero-order valence-corrected chi connectivity index (χ0v) is 10.9. The van der Waals surface area contributed by atoms with E-state index in [0.29, 0.717) is 6.61 Å². The summed E-state index contributed by atoms with van der Waals surface area (Å²) >= 11 is 4.29. The largest absolute Gasteiger partial charge is 0.377 e. The fraction of sp³-hybridized carbons (Fsp3) is 0.429. The first-order chi connectivity index (χ1) is 7.64. The third-order valence-electron chi connectivity index (χ3n) is 2.24. The zero-order valence-electron chi connectivity index (χ0n) is 10.0. The molecule has 0 unspecified atom stereocenters. The molecule has 0 radical (unpaired) electrons. The summed E-state index contributed by atoms with van der Waals surface area (Å²) in [5.74, 6) is 0.843. The van der Waals surface area contributed by atoms with Crippen LogP contribution >= 0.6 is 12.6 Å². The van der Waals surface area contributed by atoms with E-state index in [4.69, 9.17) is 4.74 Å². The van der Waals surface area contributed by atoms with Crippen LogP contribution in [0.1, 0.15) is 19.4 Å². The second kappa shape index (κ2) is 6.77. The molecule has 1 rings (SSSR count). The predicted molar refractivity (Wildman–Crippen MR) is 73.9 cm³/mol. The maximum Gasteiger partial charge on any atom is 0.0650 e. The van der Waals surface area contributed by atoms with Crippen molar-refractivity contribution in [3.63, 3.8) is 0 Å². The van der Waals surface area contributed by atoms with Crippen LogP contribution in [0.3, 0.4) is 0 Å². The maximum absolute atomic E-state index is 5.58. The summed E-state index contributed by atoms with van der Waals surface area (Å²) in [6.45, 7) is 5.71. The second-order valence-electron chi connectivity index (χ2n) is 4.65. The summed E-state index contributed by atoms with van der Waals surface area (Å²) in [6.07, 6.45) is 4.12. The van der Waals surface area contributed by atoms with Gasteiger partial charge in [-0.05, 0) is 16.7 Å². The average molecular weight is 236 g/mol. The van der Waals surface area contributed by atoms with E-state index in [9.17, 15) is 0 Å². The molecule has 0 amide bonds. The van der Waals surface area contributed by atoms with E-state index in [2.05, 4.69) is 44.7 Å². The van der Waals surface area contributed by atoms with Gasteiger partial charge in [-0.1, -0.05) is 56.3 Å². The highest BCUT2D eigenvalue weighted by atomic mass is 32.1. The Balaban J connectivity index is 2.24. The van der Waals surface area contributed by atoms with Gasteiger partial charge in [-0.2, -0.15) is 12.6 Å². The molecule has 0 bridgehead atoms. The van der Waals surface area contributed by atoms with E-state index < -0.39 is 0 Å². The molecule has 0 aliphatic rings. The number of rotatable bonds is 6. The van der Waals surface area contributed by atoms with Crippen molar-refractivity contribution in [3.05, 3.63) is 42.0 Å². The van der Waals surface area contributed by atoms with Crippen molar-refractivity contribution in [1.29, 1.82) is 0 Å². The second-order valence-corrected chi connectivity index (χ2v) is 4.97. The van der Waals surface area contributed by atoms with Gasteiger partial charge in [0.25, 0.3) is 0 Å². The molecular formula is C14H20OS. The highest BCUT2D eigenvalue weighted by Crippen LogP contribution is 2.16. The molecule has 0 aliphatic carbocycles. The summed E-state index contributed by atoms with van der Waals surface area (Å²) in [7, 11) is 0. The zero-order chi connectivity index (χ0) is 11.9. The van der Waals surface area contributed by atoms with Crippen LogP contribution in [0, 0.1) is 5.41 Å². The van der Waals surface area contributed by atoms with Gasteiger partial charge in [0.05, 0.1) is 13.2 Å². The van der Waals surface area contributed by atoms with Crippen molar-refractivity contribution >= 4 is 18.7 Å². The Kier molecular flexibility index (Phi) is 5.64. The Hall–Kier alpha value is -0.730. The first kappa shape index (κ1) is 13.3. The minimum atomic E-state index is 0.156. The van der Waals surface area contributed by atoms with Crippen LogP contribution in [-0.4, -0.2) is 19.0 Å². The molecule has 1 aromatic carbocycles. The van der Waals surface area contributed by atoms with Crippen molar-refractivity contribution in [2.45, 2.75) is 13.8 Å². The van der Waals surface area contributed by atoms with E-state index in [-0.39, 0.29) is 5.41 Å². The molecule has 2 heteroatoms. The van der Waals surface area contributed by atoms with Gasteiger partial charge in [-0.15, -0.1) is 0 Å². The number of thiol groups is 1. The Labute approximate surface area is 104 Å². The number of hydrogen-bond acceptors (Lipinski definition) is 2. The molecule has 0 heterocycles. The molecule has 0 fully saturated rings. The monoisotopic (exact) mass is 236 g/mol. The van der Waals surface area contributed by atoms with Gasteiger partial charge < -0.3 is 4.74 Å². The van der Waals surface area contributed by atoms with Crippen LogP contribution < -0.4 is 0 Å². The van der Waals surface area contributed by atoms with Gasteiger partial charge in [0.2, 0.25) is 0 Å². The van der Waals surface area contributed by atoms with Crippen LogP contribution in [0.25, 0.3) is 6.08 Å². The third-order valence-corrected chi connectivity index (χ3v) is 3.10. The van der Waals surface area contributed by atoms with Gasteiger partial charge in [0.1, 0.15) is 0 Å². The quantitative estimate of drug-likeness (QED) is 0.585. The lowest BCUT2D eigenvalue weighted by Crippen LogP contribution is -2.21. The standard InChI is InChI=1S/C14H20OS/c1-14(2,12-16)11-15-10-6-9-13-7-4-3-5-8-13/h3-9,16H,10-12H2,1-2H3. The Morgan fingerprint density at radius 1 is 1.25 bits per heavy atom. The summed E-state index contributed by atoms with van der Waals surface area (Å²) in [5, 5.41) is 0. The molecule has 0 saturated carbocycles. The van der Waals surface area contributed by atoms with Crippen molar-refractivity contribution in [3.8, 4) is 0 Å². The van der Waals surface area contributed by atoms with Crippen LogP contribution in [0.2, 0.25) is 0 Å². The fourth-order valence-electron chi connectivity index (χ4n) is 1.20. The van der Waals surface area contributed by atoms with E-state index in [1.807, 2.05) is 24.3 Å². The van der Waals surface area contributed by atoms with Crippen LogP contribution in [0.15, 0.2) is 36.4 Å². The van der Waals surface area contributed by atoms with Crippen LogP contribution in [0.5, 0.6) is 0 Å². The highest BCUT2D eigenvalue weighted by molar-refractivity contribution is 7.80. The van der Waals surface area contributed by atoms with E-state index in [1.54, 1.807) is 0 Å². The fourth-order valence-corrected chi connectivity index (χ4v) is 1.29. The average Bonchev–Trinajstić information content (AvgIpc) is 2.30. The van der Waals surface area contributed by atoms with Gasteiger partial charge in [-0.3, -0.25) is 0 Å². The molecule has 0 N–H and O–H groups in total. The van der Waals surface area contributed by atoms with Crippen molar-refractivity contribution in [2.75, 3.05) is 19.0 Å². The minimum Gasteiger partial charge on any atom is -0.377 e. The van der Waals surface area contributed by atoms with Gasteiger partial charge in [-0.25, -0.2) is 0 Å². The topological polar surface area (TPSA) is 9.23 Å². The highest BCUT2D eigenvalue weighted by Gasteiger charge is 2.14. The van der Waals surface area contributed by atoms with Crippen LogP contribution in [-0.2, 0) is 4.74 Å². The SMILES string of the molecule is CC(C)(CS)COCC=Cc1ccccc1. The lowest BCUT2D eigenvalue weighted by molar-refractivity contribution is 0.0939. The first-order valence-corrected chi connectivity index (χ1v) is 6.17. The molecule has 88 valence electrons. The molecule has 0 spiro atoms. The van der Waals surface area contributed by atoms with Gasteiger partial charge in [0.15, 0.2) is 0 Å². The number of benzene rings is 1. The molecule has 1 nitrogen and oxygen atoms in total. The maximum atomic E-state index is 5.58. The lowest BCUT2D eigenvalue weighted by Gasteiger charge is -2.20. The van der Waals surface area contributed by atoms with Crippen LogP contribution in [0.4, 0.5) is 0 Å². The van der Waals surface area contributed by atoms with Crippen molar-refractivity contribution in [2.24, 2.45) is 5.41 Å². The Bertz CT molecular complexity index is 317. The van der Waals surface area contributed by atoms with E-state index in [1.165, 1.54) is 5.56 Å². The molecule has 1 aromatic rings. The van der Waals surface area contributed by atoms with Crippen molar-refractivity contribution in [1.82, 2.24) is 0 Å². The minimum absolute atomic E-state index is 0.156. The molecule has 0 aliphatic heterocycles. The Morgan fingerprint density at radius 2 is 1.94 bits per heavy atom. The summed E-state index contributed by atoms with van der Waals surface area (Å²) in [4.78, 5) is 0. The summed E-state index contributed by atoms with van der Waals surface area (Å²) < 4.78 is 5.58.